The van der Waals surface area contributed by atoms with E-state index < -0.39 is 47.5 Å². The van der Waals surface area contributed by atoms with Crippen LogP contribution in [0.25, 0.3) is 0 Å². The second kappa shape index (κ2) is 20.3. The number of carbonyl (C=O) groups excluding carboxylic acids is 6. The summed E-state index contributed by atoms with van der Waals surface area (Å²) in [5.74, 6) is -3.15. The van der Waals surface area contributed by atoms with Crippen molar-refractivity contribution in [2.24, 2.45) is 11.7 Å². The van der Waals surface area contributed by atoms with Gasteiger partial charge in [0.1, 0.15) is 12.1 Å². The van der Waals surface area contributed by atoms with Gasteiger partial charge in [-0.15, -0.1) is 0 Å². The smallest absolute Gasteiger partial charge is 0.246 e. The van der Waals surface area contributed by atoms with Gasteiger partial charge in [0.15, 0.2) is 0 Å². The predicted molar refractivity (Wildman–Crippen MR) is 193 cm³/mol. The molecule has 2 heterocycles. The summed E-state index contributed by atoms with van der Waals surface area (Å²) in [4.78, 5) is 80.7. The maximum atomic E-state index is 13.7. The largest absolute Gasteiger partial charge is 0.378 e. The molecule has 2 aliphatic rings. The van der Waals surface area contributed by atoms with Gasteiger partial charge >= 0.3 is 0 Å². The Bertz CT molecular complexity index is 1570. The van der Waals surface area contributed by atoms with Crippen molar-refractivity contribution in [2.75, 3.05) is 45.9 Å². The van der Waals surface area contributed by atoms with Crippen LogP contribution in [0.3, 0.4) is 0 Å². The van der Waals surface area contributed by atoms with Crippen LogP contribution in [0, 0.1) is 5.92 Å². The quantitative estimate of drug-likeness (QED) is 0.205. The Kier molecular flexibility index (Phi) is 15.6. The molecule has 14 nitrogen and oxygen atoms in total. The molecule has 6 amide bonds. The van der Waals surface area contributed by atoms with Crippen LogP contribution >= 0.6 is 15.9 Å². The van der Waals surface area contributed by atoms with E-state index in [0.29, 0.717) is 43.7 Å². The Balaban J connectivity index is 1.56. The molecule has 0 unspecified atom stereocenters. The molecule has 2 aromatic carbocycles. The molecule has 0 spiro atoms. The topological polar surface area (TPSA) is 201 Å². The van der Waals surface area contributed by atoms with Gasteiger partial charge in [-0.25, -0.2) is 0 Å². The highest BCUT2D eigenvalue weighted by molar-refractivity contribution is 9.10. The monoisotopic (exact) mass is 767 g/mol. The molecule has 3 atom stereocenters. The highest BCUT2D eigenvalue weighted by atomic mass is 79.9. The van der Waals surface area contributed by atoms with E-state index in [2.05, 4.69) is 42.5 Å². The van der Waals surface area contributed by atoms with Gasteiger partial charge in [0, 0.05) is 62.3 Å². The third kappa shape index (κ3) is 12.9. The van der Waals surface area contributed by atoms with Crippen molar-refractivity contribution in [3.05, 3.63) is 81.8 Å². The molecule has 4 rings (SSSR count). The molecule has 0 aromatic heterocycles. The van der Waals surface area contributed by atoms with Gasteiger partial charge in [0.25, 0.3) is 0 Å². The number of carbonyl (C=O) groups is 6. The summed E-state index contributed by atoms with van der Waals surface area (Å²) in [6, 6.07) is 12.7. The molecule has 0 radical (unpaired) electrons. The zero-order valence-electron chi connectivity index (χ0n) is 28.5. The van der Waals surface area contributed by atoms with E-state index in [1.807, 2.05) is 24.3 Å². The van der Waals surface area contributed by atoms with Crippen molar-refractivity contribution in [3.8, 4) is 0 Å². The Labute approximate surface area is 305 Å². The number of nitrogens with zero attached hydrogens (tertiary/aromatic N) is 1. The highest BCUT2D eigenvalue weighted by Gasteiger charge is 2.31. The lowest BCUT2D eigenvalue weighted by Gasteiger charge is -2.32. The van der Waals surface area contributed by atoms with Gasteiger partial charge in [-0.1, -0.05) is 52.3 Å². The molecular formula is C36H46BrN7O7. The van der Waals surface area contributed by atoms with Crippen molar-refractivity contribution in [1.82, 2.24) is 31.5 Å². The Hall–Kier alpha value is -4.60. The maximum Gasteiger partial charge on any atom is 0.246 e. The van der Waals surface area contributed by atoms with Gasteiger partial charge < -0.3 is 42.0 Å². The summed E-state index contributed by atoms with van der Waals surface area (Å²) < 4.78 is 6.19. The van der Waals surface area contributed by atoms with Crippen molar-refractivity contribution >= 4 is 51.4 Å². The number of amides is 6. The Morgan fingerprint density at radius 2 is 1.69 bits per heavy atom. The number of rotatable bonds is 8. The zero-order valence-corrected chi connectivity index (χ0v) is 30.0. The second-order valence-corrected chi connectivity index (χ2v) is 13.3. The number of fused-ring (bicyclic) bond motifs is 3. The van der Waals surface area contributed by atoms with E-state index in [1.165, 1.54) is 4.90 Å². The third-order valence-electron chi connectivity index (χ3n) is 8.58. The van der Waals surface area contributed by atoms with Gasteiger partial charge in [-0.2, -0.15) is 0 Å². The zero-order chi connectivity index (χ0) is 36.6. The third-order valence-corrected chi connectivity index (χ3v) is 9.11. The lowest BCUT2D eigenvalue weighted by atomic mass is 9.95. The van der Waals surface area contributed by atoms with Crippen LogP contribution in [0.5, 0.6) is 0 Å². The van der Waals surface area contributed by atoms with Gasteiger partial charge in [0.2, 0.25) is 35.4 Å². The van der Waals surface area contributed by atoms with Gasteiger partial charge in [-0.3, -0.25) is 28.8 Å². The number of nitrogens with one attached hydrogen (secondary N) is 5. The molecule has 1 saturated heterocycles. The molecule has 1 fully saturated rings. The Morgan fingerprint density at radius 1 is 0.922 bits per heavy atom. The van der Waals surface area contributed by atoms with Crippen molar-refractivity contribution < 1.29 is 33.5 Å². The Morgan fingerprint density at radius 3 is 2.45 bits per heavy atom. The van der Waals surface area contributed by atoms with Crippen LogP contribution in [-0.2, 0) is 52.9 Å². The van der Waals surface area contributed by atoms with Crippen LogP contribution in [0.1, 0.15) is 36.0 Å². The van der Waals surface area contributed by atoms with E-state index in [-0.39, 0.29) is 58.0 Å². The molecule has 2 aromatic rings. The van der Waals surface area contributed by atoms with E-state index in [9.17, 15) is 28.8 Å². The molecular weight excluding hydrogens is 722 g/mol. The first kappa shape index (κ1) is 39.2. The standard InChI is InChI=1S/C36H46BrN7O7/c37-28-9-7-24(8-10-28)20-30-36(50)41-22-26-5-2-1-4-25(26)21-32(46)42-29(35(49)40-16-19-51-18-14-38)13-15-39-31(45)11-12-33(47)44-17-3-6-27(23-44)34(48)43-30/h1-2,4-5,7-12,27,29-30H,3,6,13-23,38H2,(H,39,45)(H,40,49)(H,41,50)(H,42,46)(H,43,48)/b12-11+/t27-,29+,30+/m1/s1. The van der Waals surface area contributed by atoms with Gasteiger partial charge in [0.05, 0.1) is 25.6 Å². The summed E-state index contributed by atoms with van der Waals surface area (Å²) in [5.41, 5.74) is 7.61. The average molecular weight is 769 g/mol. The summed E-state index contributed by atoms with van der Waals surface area (Å²) in [6.07, 6.45) is 3.60. The summed E-state index contributed by atoms with van der Waals surface area (Å²) in [7, 11) is 0. The first-order valence-corrected chi connectivity index (χ1v) is 17.9. The van der Waals surface area contributed by atoms with Crippen molar-refractivity contribution in [1.29, 1.82) is 0 Å². The first-order chi connectivity index (χ1) is 24.6. The molecule has 274 valence electrons. The molecule has 15 heteroatoms. The SMILES string of the molecule is NCCOCCNC(=O)[C@@H]1CCNC(=O)/C=C/C(=O)N2CCC[C@H](C2)C(=O)N[C@@H](Cc2ccc(Br)cc2)C(=O)NCc2ccccc2CC(=O)N1. The van der Waals surface area contributed by atoms with Crippen LogP contribution in [0.2, 0.25) is 0 Å². The molecule has 51 heavy (non-hydrogen) atoms. The van der Waals surface area contributed by atoms with Crippen molar-refractivity contribution in [2.45, 2.75) is 50.7 Å². The van der Waals surface area contributed by atoms with E-state index in [0.717, 1.165) is 22.2 Å². The van der Waals surface area contributed by atoms with Crippen molar-refractivity contribution in [3.63, 3.8) is 0 Å². The average Bonchev–Trinajstić information content (AvgIpc) is 3.13. The molecule has 0 aliphatic carbocycles. The maximum absolute atomic E-state index is 13.7. The van der Waals surface area contributed by atoms with E-state index in [1.54, 1.807) is 24.3 Å². The molecule has 0 saturated carbocycles. The number of piperidine rings is 1. The highest BCUT2D eigenvalue weighted by Crippen LogP contribution is 2.19. The number of nitrogens with two attached hydrogens (primary N) is 1. The fourth-order valence-electron chi connectivity index (χ4n) is 5.85. The predicted octanol–water partition coefficient (Wildman–Crippen LogP) is 0.226. The van der Waals surface area contributed by atoms with Crippen LogP contribution in [-0.4, -0.2) is 98.4 Å². The number of ether oxygens (including phenoxy) is 1. The number of hydrogen-bond donors (Lipinski definition) is 6. The molecule has 7 N–H and O–H groups in total. The lowest BCUT2D eigenvalue weighted by molar-refractivity contribution is -0.135. The van der Waals surface area contributed by atoms with E-state index >= 15 is 0 Å². The minimum absolute atomic E-state index is 0.0371. The second-order valence-electron chi connectivity index (χ2n) is 12.4. The lowest BCUT2D eigenvalue weighted by Crippen LogP contribution is -2.52. The van der Waals surface area contributed by atoms with Crippen LogP contribution in [0.15, 0.2) is 65.2 Å². The summed E-state index contributed by atoms with van der Waals surface area (Å²) in [5, 5.41) is 14.0. The number of hydrogen-bond acceptors (Lipinski definition) is 8. The van der Waals surface area contributed by atoms with E-state index in [4.69, 9.17) is 10.5 Å². The summed E-state index contributed by atoms with van der Waals surface area (Å²) >= 11 is 3.42. The van der Waals surface area contributed by atoms with Crippen LogP contribution in [0.4, 0.5) is 0 Å². The minimum Gasteiger partial charge on any atom is -0.378 e. The fraction of sp³-hybridized carbons (Fsp3) is 0.444. The van der Waals surface area contributed by atoms with Gasteiger partial charge in [-0.05, 0) is 48.1 Å². The first-order valence-electron chi connectivity index (χ1n) is 17.1. The number of benzene rings is 2. The van der Waals surface area contributed by atoms with Crippen LogP contribution < -0.4 is 32.3 Å². The minimum atomic E-state index is -0.976. The number of halogens is 1. The molecule has 2 bridgehead atoms. The normalized spacial score (nSPS) is 21.8. The summed E-state index contributed by atoms with van der Waals surface area (Å²) in [6.45, 7) is 1.82. The molecule has 2 aliphatic heterocycles. The fourth-order valence-corrected chi connectivity index (χ4v) is 6.11.